The maximum absolute atomic E-state index is 13.1. The fraction of sp³-hybridized carbons (Fsp3) is 0.115. The van der Waals surface area contributed by atoms with Gasteiger partial charge in [0.15, 0.2) is 11.5 Å². The Morgan fingerprint density at radius 1 is 0.912 bits per heavy atom. The number of carbonyl (C=O) groups excluding carboxylic acids is 3. The molecule has 0 atom stereocenters. The van der Waals surface area contributed by atoms with Gasteiger partial charge in [-0.05, 0) is 54.5 Å². The Kier molecular flexibility index (Phi) is 6.94. The van der Waals surface area contributed by atoms with Gasteiger partial charge in [0.2, 0.25) is 0 Å². The highest BCUT2D eigenvalue weighted by Crippen LogP contribution is 2.31. The first-order chi connectivity index (χ1) is 16.5. The van der Waals surface area contributed by atoms with Crippen molar-refractivity contribution in [2.24, 2.45) is 0 Å². The highest BCUT2D eigenvalue weighted by Gasteiger charge is 2.36. The SMILES string of the molecule is CCOc1cc(/C=C2\C(=O)NC(=O)N(c3cccc(Cl)c3)C2=O)ccc1OCc1ccccc1. The van der Waals surface area contributed by atoms with Crippen LogP contribution in [0.15, 0.2) is 78.4 Å². The molecule has 0 radical (unpaired) electrons. The summed E-state index contributed by atoms with van der Waals surface area (Å²) in [5.41, 5.74) is 1.61. The molecule has 34 heavy (non-hydrogen) atoms. The van der Waals surface area contributed by atoms with Crippen molar-refractivity contribution in [1.29, 1.82) is 0 Å². The van der Waals surface area contributed by atoms with E-state index in [0.29, 0.717) is 35.3 Å². The summed E-state index contributed by atoms with van der Waals surface area (Å²) in [6.45, 7) is 2.61. The second-order valence-electron chi connectivity index (χ2n) is 7.35. The van der Waals surface area contributed by atoms with Crippen molar-refractivity contribution < 1.29 is 23.9 Å². The number of urea groups is 1. The van der Waals surface area contributed by atoms with Gasteiger partial charge in [0.05, 0.1) is 12.3 Å². The highest BCUT2D eigenvalue weighted by atomic mass is 35.5. The molecule has 8 heteroatoms. The summed E-state index contributed by atoms with van der Waals surface area (Å²) in [4.78, 5) is 38.8. The predicted octanol–water partition coefficient (Wildman–Crippen LogP) is 4.98. The lowest BCUT2D eigenvalue weighted by atomic mass is 10.1. The molecule has 1 heterocycles. The van der Waals surface area contributed by atoms with Gasteiger partial charge in [-0.1, -0.05) is 54.1 Å². The predicted molar refractivity (Wildman–Crippen MR) is 129 cm³/mol. The molecule has 1 fully saturated rings. The fourth-order valence-corrected chi connectivity index (χ4v) is 3.60. The topological polar surface area (TPSA) is 84.9 Å². The standard InChI is InChI=1S/C26H21ClN2O5/c1-2-33-23-14-18(11-12-22(23)34-16-17-7-4-3-5-8-17)13-21-24(30)28-26(32)29(25(21)31)20-10-6-9-19(27)15-20/h3-15H,2,16H2,1H3,(H,28,30,32)/b21-13+. The molecule has 172 valence electrons. The second-order valence-corrected chi connectivity index (χ2v) is 7.79. The maximum Gasteiger partial charge on any atom is 0.335 e. The van der Waals surface area contributed by atoms with Gasteiger partial charge >= 0.3 is 6.03 Å². The monoisotopic (exact) mass is 476 g/mol. The number of ether oxygens (including phenoxy) is 2. The van der Waals surface area contributed by atoms with Crippen molar-refractivity contribution in [3.05, 3.63) is 94.5 Å². The van der Waals surface area contributed by atoms with Crippen LogP contribution in [0.3, 0.4) is 0 Å². The first-order valence-electron chi connectivity index (χ1n) is 10.6. The van der Waals surface area contributed by atoms with Gasteiger partial charge in [-0.3, -0.25) is 14.9 Å². The minimum Gasteiger partial charge on any atom is -0.490 e. The molecule has 1 N–H and O–H groups in total. The van der Waals surface area contributed by atoms with Crippen LogP contribution in [0, 0.1) is 0 Å². The van der Waals surface area contributed by atoms with Crippen LogP contribution in [0.1, 0.15) is 18.1 Å². The Morgan fingerprint density at radius 2 is 1.71 bits per heavy atom. The molecular formula is C26H21ClN2O5. The third-order valence-corrected chi connectivity index (χ3v) is 5.22. The highest BCUT2D eigenvalue weighted by molar-refractivity contribution is 6.39. The number of amides is 4. The second kappa shape index (κ2) is 10.2. The average Bonchev–Trinajstić information content (AvgIpc) is 2.82. The van der Waals surface area contributed by atoms with Crippen LogP contribution in [-0.2, 0) is 16.2 Å². The Balaban J connectivity index is 1.62. The van der Waals surface area contributed by atoms with Gasteiger partial charge < -0.3 is 9.47 Å². The van der Waals surface area contributed by atoms with Crippen molar-refractivity contribution in [2.45, 2.75) is 13.5 Å². The minimum atomic E-state index is -0.839. The number of nitrogens with one attached hydrogen (secondary N) is 1. The van der Waals surface area contributed by atoms with E-state index in [1.807, 2.05) is 37.3 Å². The lowest BCUT2D eigenvalue weighted by Crippen LogP contribution is -2.54. The Hall–Kier alpha value is -4.10. The van der Waals surface area contributed by atoms with Gasteiger partial charge in [-0.2, -0.15) is 0 Å². The van der Waals surface area contributed by atoms with Gasteiger partial charge in [-0.15, -0.1) is 0 Å². The van der Waals surface area contributed by atoms with Crippen LogP contribution < -0.4 is 19.7 Å². The Morgan fingerprint density at radius 3 is 2.44 bits per heavy atom. The summed E-state index contributed by atoms with van der Waals surface area (Å²) in [6.07, 6.45) is 1.41. The molecule has 0 bridgehead atoms. The number of anilines is 1. The average molecular weight is 477 g/mol. The van der Waals surface area contributed by atoms with Crippen molar-refractivity contribution >= 4 is 41.2 Å². The Bertz CT molecular complexity index is 1270. The molecule has 3 aromatic rings. The number of carbonyl (C=O) groups is 3. The van der Waals surface area contributed by atoms with E-state index in [1.54, 1.807) is 36.4 Å². The van der Waals surface area contributed by atoms with E-state index in [4.69, 9.17) is 21.1 Å². The normalized spacial score (nSPS) is 14.8. The van der Waals surface area contributed by atoms with E-state index in [1.165, 1.54) is 12.1 Å². The number of benzene rings is 3. The summed E-state index contributed by atoms with van der Waals surface area (Å²) in [7, 11) is 0. The zero-order chi connectivity index (χ0) is 24.1. The smallest absolute Gasteiger partial charge is 0.335 e. The Labute approximate surface area is 201 Å². The van der Waals surface area contributed by atoms with E-state index in [2.05, 4.69) is 5.32 Å². The van der Waals surface area contributed by atoms with E-state index in [9.17, 15) is 14.4 Å². The quantitative estimate of drug-likeness (QED) is 0.384. The summed E-state index contributed by atoms with van der Waals surface area (Å²) < 4.78 is 11.6. The fourth-order valence-electron chi connectivity index (χ4n) is 3.41. The zero-order valence-corrected chi connectivity index (χ0v) is 19.0. The molecule has 4 amide bonds. The molecule has 1 aliphatic rings. The molecule has 1 aliphatic heterocycles. The van der Waals surface area contributed by atoms with E-state index in [-0.39, 0.29) is 11.3 Å². The lowest BCUT2D eigenvalue weighted by Gasteiger charge is -2.26. The largest absolute Gasteiger partial charge is 0.490 e. The molecule has 0 aliphatic carbocycles. The van der Waals surface area contributed by atoms with Crippen LogP contribution in [0.4, 0.5) is 10.5 Å². The summed E-state index contributed by atoms with van der Waals surface area (Å²) in [6, 6.07) is 20.2. The summed E-state index contributed by atoms with van der Waals surface area (Å²) in [5, 5.41) is 2.55. The number of rotatable bonds is 7. The molecule has 7 nitrogen and oxygen atoms in total. The van der Waals surface area contributed by atoms with Crippen molar-refractivity contribution in [3.8, 4) is 11.5 Å². The van der Waals surface area contributed by atoms with E-state index in [0.717, 1.165) is 10.5 Å². The number of imide groups is 2. The number of hydrogen-bond donors (Lipinski definition) is 1. The molecule has 0 unspecified atom stereocenters. The first kappa shape index (κ1) is 23.1. The zero-order valence-electron chi connectivity index (χ0n) is 18.3. The van der Waals surface area contributed by atoms with Crippen LogP contribution in [0.2, 0.25) is 5.02 Å². The van der Waals surface area contributed by atoms with Gasteiger partial charge in [0, 0.05) is 5.02 Å². The minimum absolute atomic E-state index is 0.194. The maximum atomic E-state index is 13.1. The summed E-state index contributed by atoms with van der Waals surface area (Å²) >= 11 is 6.00. The third kappa shape index (κ3) is 5.10. The number of halogens is 1. The van der Waals surface area contributed by atoms with E-state index >= 15 is 0 Å². The first-order valence-corrected chi connectivity index (χ1v) is 10.9. The van der Waals surface area contributed by atoms with Crippen molar-refractivity contribution in [1.82, 2.24) is 5.32 Å². The third-order valence-electron chi connectivity index (χ3n) is 4.98. The van der Waals surface area contributed by atoms with Gasteiger partial charge in [0.1, 0.15) is 12.2 Å². The van der Waals surface area contributed by atoms with Gasteiger partial charge in [0.25, 0.3) is 11.8 Å². The van der Waals surface area contributed by atoms with Gasteiger partial charge in [-0.25, -0.2) is 9.69 Å². The lowest BCUT2D eigenvalue weighted by molar-refractivity contribution is -0.122. The molecule has 4 rings (SSSR count). The van der Waals surface area contributed by atoms with Crippen molar-refractivity contribution in [3.63, 3.8) is 0 Å². The molecule has 0 aromatic heterocycles. The van der Waals surface area contributed by atoms with Crippen LogP contribution in [0.5, 0.6) is 11.5 Å². The number of hydrogen-bond acceptors (Lipinski definition) is 5. The molecule has 0 saturated carbocycles. The molecule has 1 saturated heterocycles. The van der Waals surface area contributed by atoms with Crippen LogP contribution >= 0.6 is 11.6 Å². The molecular weight excluding hydrogens is 456 g/mol. The number of nitrogens with zero attached hydrogens (tertiary/aromatic N) is 1. The van der Waals surface area contributed by atoms with E-state index < -0.39 is 17.8 Å². The number of barbiturate groups is 1. The van der Waals surface area contributed by atoms with Crippen LogP contribution in [0.25, 0.3) is 6.08 Å². The molecule has 0 spiro atoms. The van der Waals surface area contributed by atoms with Crippen molar-refractivity contribution in [2.75, 3.05) is 11.5 Å². The van der Waals surface area contributed by atoms with Crippen LogP contribution in [-0.4, -0.2) is 24.5 Å². The summed E-state index contributed by atoms with van der Waals surface area (Å²) in [5.74, 6) is -0.531. The molecule has 3 aromatic carbocycles.